The number of benzene rings is 3. The van der Waals surface area contributed by atoms with Crippen LogP contribution in [0.5, 0.6) is 11.5 Å². The second kappa shape index (κ2) is 11.9. The molecule has 0 amide bonds. The van der Waals surface area contributed by atoms with E-state index in [1.807, 2.05) is 6.07 Å². The molecule has 4 aromatic rings. The zero-order chi connectivity index (χ0) is 24.9. The van der Waals surface area contributed by atoms with Crippen LogP contribution >= 0.6 is 11.7 Å². The predicted octanol–water partition coefficient (Wildman–Crippen LogP) is 0.213. The van der Waals surface area contributed by atoms with Crippen molar-refractivity contribution >= 4 is 40.1 Å². The summed E-state index contributed by atoms with van der Waals surface area (Å²) in [6, 6.07) is 18.1. The van der Waals surface area contributed by atoms with Crippen molar-refractivity contribution in [1.29, 1.82) is 5.26 Å². The summed E-state index contributed by atoms with van der Waals surface area (Å²) in [6.07, 6.45) is -0.00441. The van der Waals surface area contributed by atoms with E-state index in [1.54, 1.807) is 54.6 Å². The number of carboxylic acids is 1. The number of ether oxygens (including phenoxy) is 2. The van der Waals surface area contributed by atoms with Crippen LogP contribution in [0.4, 0.5) is 0 Å². The van der Waals surface area contributed by atoms with Crippen molar-refractivity contribution in [2.24, 2.45) is 0 Å². The van der Waals surface area contributed by atoms with Gasteiger partial charge in [0.05, 0.1) is 43.5 Å². The monoisotopic (exact) mass is 507 g/mol. The fourth-order valence-corrected chi connectivity index (χ4v) is 4.21. The molecule has 0 radical (unpaired) electrons. The van der Waals surface area contributed by atoms with E-state index in [4.69, 9.17) is 14.7 Å². The molecule has 10 heteroatoms. The third-order valence-corrected chi connectivity index (χ3v) is 5.99. The zero-order valence-electron chi connectivity index (χ0n) is 19.8. The number of nitrogens with zero attached hydrogens (tertiary/aromatic N) is 3. The minimum atomic E-state index is -1.50. The number of carbonyl (C=O) groups is 2. The summed E-state index contributed by atoms with van der Waals surface area (Å²) in [4.78, 5) is 26.2. The number of allylic oxidation sites excluding steroid dienone is 1. The van der Waals surface area contributed by atoms with Gasteiger partial charge in [-0.25, -0.2) is 0 Å². The molecule has 0 unspecified atom stereocenters. The number of hydrogen-bond donors (Lipinski definition) is 0. The number of carboxylic acid groups (broad SMARTS) is 1. The molecule has 0 N–H and O–H groups in total. The van der Waals surface area contributed by atoms with Gasteiger partial charge in [0.2, 0.25) is 0 Å². The topological polar surface area (TPSA) is 125 Å². The van der Waals surface area contributed by atoms with Gasteiger partial charge < -0.3 is 19.4 Å². The largest absolute Gasteiger partial charge is 1.00 e. The Balaban J connectivity index is 0.00000361. The molecule has 0 bridgehead atoms. The van der Waals surface area contributed by atoms with Gasteiger partial charge in [0, 0.05) is 23.1 Å². The van der Waals surface area contributed by atoms with Gasteiger partial charge in [0.25, 0.3) is 0 Å². The smallest absolute Gasteiger partial charge is 0.545 e. The summed E-state index contributed by atoms with van der Waals surface area (Å²) in [5.74, 6) is -1.24. The number of methoxy groups -OCH3 is 2. The van der Waals surface area contributed by atoms with Crippen molar-refractivity contribution in [3.63, 3.8) is 0 Å². The van der Waals surface area contributed by atoms with Crippen LogP contribution in [0.15, 0.2) is 66.2 Å². The fourth-order valence-electron chi connectivity index (χ4n) is 3.69. The van der Waals surface area contributed by atoms with Crippen molar-refractivity contribution in [1.82, 2.24) is 8.75 Å². The van der Waals surface area contributed by atoms with Crippen molar-refractivity contribution in [3.05, 3.63) is 88.5 Å². The Morgan fingerprint density at radius 3 is 2.22 bits per heavy atom. The number of hydrogen-bond acceptors (Lipinski definition) is 9. The Kier molecular flexibility index (Phi) is 8.96. The van der Waals surface area contributed by atoms with E-state index < -0.39 is 11.8 Å². The maximum atomic E-state index is 13.7. The number of fused-ring (bicyclic) bond motifs is 1. The number of aliphatic carboxylic acids is 1. The van der Waals surface area contributed by atoms with Crippen LogP contribution in [-0.4, -0.2) is 34.7 Å². The van der Waals surface area contributed by atoms with E-state index >= 15 is 0 Å². The summed E-state index contributed by atoms with van der Waals surface area (Å²) in [6.45, 7) is 0. The molecule has 8 nitrogen and oxygen atoms in total. The number of carbonyl (C=O) groups excluding carboxylic acids is 2. The second-order valence-corrected chi connectivity index (χ2v) is 8.02. The van der Waals surface area contributed by atoms with E-state index in [2.05, 4.69) is 8.75 Å². The number of aromatic nitrogens is 2. The van der Waals surface area contributed by atoms with Gasteiger partial charge in [0.1, 0.15) is 11.0 Å². The molecule has 0 aliphatic carbocycles. The molecule has 1 aromatic heterocycles. The Morgan fingerprint density at radius 1 is 0.917 bits per heavy atom. The summed E-state index contributed by atoms with van der Waals surface area (Å²) in [5.41, 5.74) is 2.52. The molecule has 0 spiro atoms. The average molecular weight is 508 g/mol. The van der Waals surface area contributed by atoms with E-state index in [9.17, 15) is 14.7 Å². The molecule has 0 saturated heterocycles. The molecule has 0 aliphatic heterocycles. The van der Waals surface area contributed by atoms with Crippen LogP contribution in [-0.2, 0) is 11.2 Å². The molecule has 0 saturated carbocycles. The van der Waals surface area contributed by atoms with Crippen LogP contribution in [0.25, 0.3) is 16.6 Å². The molecule has 0 aliphatic rings. The van der Waals surface area contributed by atoms with Gasteiger partial charge in [-0.3, -0.25) is 4.79 Å². The minimum Gasteiger partial charge on any atom is -0.545 e. The van der Waals surface area contributed by atoms with Crippen LogP contribution < -0.4 is 44.1 Å². The first kappa shape index (κ1) is 27.0. The van der Waals surface area contributed by atoms with E-state index in [0.29, 0.717) is 33.7 Å². The van der Waals surface area contributed by atoms with Gasteiger partial charge in [-0.2, -0.15) is 14.0 Å². The van der Waals surface area contributed by atoms with Crippen LogP contribution in [0.1, 0.15) is 27.0 Å². The Morgan fingerprint density at radius 2 is 1.58 bits per heavy atom. The van der Waals surface area contributed by atoms with Crippen LogP contribution in [0.2, 0.25) is 0 Å². The molecule has 0 fully saturated rings. The molecule has 174 valence electrons. The fraction of sp³-hybridized carbons (Fsp3) is 0.115. The summed E-state index contributed by atoms with van der Waals surface area (Å²) in [5, 5.41) is 21.5. The first-order valence-corrected chi connectivity index (χ1v) is 11.1. The van der Waals surface area contributed by atoms with Gasteiger partial charge in [-0.05, 0) is 53.6 Å². The molecule has 36 heavy (non-hydrogen) atoms. The molecule has 1 heterocycles. The Bertz CT molecular complexity index is 1510. The Labute approximate surface area is 233 Å². The second-order valence-electron chi connectivity index (χ2n) is 7.49. The van der Waals surface area contributed by atoms with Crippen LogP contribution in [0, 0.1) is 11.3 Å². The van der Waals surface area contributed by atoms with E-state index in [1.165, 1.54) is 20.3 Å². The summed E-state index contributed by atoms with van der Waals surface area (Å²) < 4.78 is 18.9. The third kappa shape index (κ3) is 5.64. The minimum absolute atomic E-state index is 0. The van der Waals surface area contributed by atoms with Crippen molar-refractivity contribution in [2.75, 3.05) is 14.2 Å². The molecular formula is C26H18N3NaO5S. The standard InChI is InChI=1S/C26H19N3O5S.Na/c1-33-22-10-8-18(13-23(22)34-2)25(30)19(11-15-3-5-16(14-27)6-4-15)24(26(31)32)17-7-9-20-21(12-17)29-35-28-20;/h3-10,12-13H,11H2,1-2H3,(H,31,32);/q;+1/p-1. The third-order valence-electron chi connectivity index (χ3n) is 5.43. The number of nitriles is 1. The van der Waals surface area contributed by atoms with Crippen LogP contribution in [0.3, 0.4) is 0 Å². The zero-order valence-corrected chi connectivity index (χ0v) is 22.6. The van der Waals surface area contributed by atoms with Gasteiger partial charge in [0.15, 0.2) is 17.3 Å². The quantitative estimate of drug-likeness (QED) is 0.188. The number of ketones is 1. The van der Waals surface area contributed by atoms with Gasteiger partial charge in [-0.15, -0.1) is 0 Å². The van der Waals surface area contributed by atoms with E-state index in [0.717, 1.165) is 11.7 Å². The van der Waals surface area contributed by atoms with Crippen molar-refractivity contribution in [2.45, 2.75) is 6.42 Å². The summed E-state index contributed by atoms with van der Waals surface area (Å²) in [7, 11) is 2.93. The SMILES string of the molecule is COc1ccc(C(=O)C(Cc2ccc(C#N)cc2)=C(C(=O)[O-])c2ccc3nsnc3c2)cc1OC.[Na+]. The first-order chi connectivity index (χ1) is 16.9. The molecule has 3 aromatic carbocycles. The normalized spacial score (nSPS) is 11.1. The maximum Gasteiger partial charge on any atom is 1.00 e. The Hall–Kier alpha value is -3.55. The number of Topliss-reactive ketones (excluding diaryl/α,β-unsaturated/α-hetero) is 1. The molecule has 4 rings (SSSR count). The predicted molar refractivity (Wildman–Crippen MR) is 128 cm³/mol. The van der Waals surface area contributed by atoms with Gasteiger partial charge >= 0.3 is 29.6 Å². The molecular weight excluding hydrogens is 489 g/mol. The van der Waals surface area contributed by atoms with Crippen molar-refractivity contribution < 1.29 is 53.7 Å². The average Bonchev–Trinajstić information content (AvgIpc) is 3.35. The maximum absolute atomic E-state index is 13.7. The molecule has 0 atom stereocenters. The summed E-state index contributed by atoms with van der Waals surface area (Å²) >= 11 is 1.01. The first-order valence-electron chi connectivity index (χ1n) is 10.4. The van der Waals surface area contributed by atoms with Gasteiger partial charge in [-0.1, -0.05) is 18.2 Å². The van der Waals surface area contributed by atoms with Crippen molar-refractivity contribution in [3.8, 4) is 17.6 Å². The number of rotatable bonds is 8. The van der Waals surface area contributed by atoms with E-state index in [-0.39, 0.29) is 58.3 Å².